The zero-order valence-corrected chi connectivity index (χ0v) is 15.3. The van der Waals surface area contributed by atoms with Crippen LogP contribution in [0.1, 0.15) is 18.9 Å². The van der Waals surface area contributed by atoms with Crippen LogP contribution in [-0.2, 0) is 6.54 Å². The van der Waals surface area contributed by atoms with Gasteiger partial charge in [-0.3, -0.25) is 4.90 Å². The van der Waals surface area contributed by atoms with Crippen LogP contribution in [0.4, 0.5) is 4.79 Å². The molecule has 0 unspecified atom stereocenters. The van der Waals surface area contributed by atoms with Gasteiger partial charge in [0.05, 0.1) is 7.11 Å². The molecule has 1 N–H and O–H groups in total. The smallest absolute Gasteiger partial charge is 0.317 e. The van der Waals surface area contributed by atoms with E-state index in [0.717, 1.165) is 48.1 Å². The van der Waals surface area contributed by atoms with E-state index in [9.17, 15) is 4.79 Å². The number of carbonyl (C=O) groups excluding carboxylic acids is 1. The van der Waals surface area contributed by atoms with E-state index in [1.807, 2.05) is 29.2 Å². The van der Waals surface area contributed by atoms with E-state index >= 15 is 0 Å². The van der Waals surface area contributed by atoms with Crippen LogP contribution in [0.3, 0.4) is 0 Å². The fraction of sp³-hybridized carbons (Fsp3) is 0.450. The normalized spacial score (nSPS) is 18.4. The Hall–Kier alpha value is -2.27. The van der Waals surface area contributed by atoms with Crippen molar-refractivity contribution in [2.75, 3.05) is 33.8 Å². The van der Waals surface area contributed by atoms with Crippen molar-refractivity contribution >= 4 is 16.8 Å². The topological polar surface area (TPSA) is 44.8 Å². The first-order valence-corrected chi connectivity index (χ1v) is 8.91. The van der Waals surface area contributed by atoms with Crippen LogP contribution < -0.4 is 10.1 Å². The van der Waals surface area contributed by atoms with Crippen LogP contribution >= 0.6 is 0 Å². The Morgan fingerprint density at radius 1 is 1.24 bits per heavy atom. The zero-order chi connectivity index (χ0) is 17.8. The SMILES string of the molecule is CC[C@@H]1CN(C(=O)NCc2c(OC)ccc3ccccc23)CCN1C. The van der Waals surface area contributed by atoms with Crippen molar-refractivity contribution in [2.24, 2.45) is 0 Å². The number of carbonyl (C=O) groups is 1. The molecular weight excluding hydrogens is 314 g/mol. The standard InChI is InChI=1S/C20H27N3O2/c1-4-16-14-23(12-11-22(16)2)20(24)21-13-18-17-8-6-5-7-15(17)9-10-19(18)25-3/h5-10,16H,4,11-14H2,1-3H3,(H,21,24)/t16-/m1/s1. The van der Waals surface area contributed by atoms with Gasteiger partial charge in [0.15, 0.2) is 0 Å². The Morgan fingerprint density at radius 3 is 2.80 bits per heavy atom. The maximum Gasteiger partial charge on any atom is 0.317 e. The van der Waals surface area contributed by atoms with Crippen molar-refractivity contribution in [3.63, 3.8) is 0 Å². The first-order chi connectivity index (χ1) is 12.1. The monoisotopic (exact) mass is 341 g/mol. The summed E-state index contributed by atoms with van der Waals surface area (Å²) < 4.78 is 5.51. The Balaban J connectivity index is 1.73. The molecule has 0 aliphatic carbocycles. The van der Waals surface area contributed by atoms with Gasteiger partial charge in [-0.05, 0) is 30.3 Å². The minimum absolute atomic E-state index is 0.00142. The van der Waals surface area contributed by atoms with Crippen LogP contribution in [0.25, 0.3) is 10.8 Å². The van der Waals surface area contributed by atoms with E-state index in [1.54, 1.807) is 7.11 Å². The number of amides is 2. The summed E-state index contributed by atoms with van der Waals surface area (Å²) in [7, 11) is 3.80. The third-order valence-electron chi connectivity index (χ3n) is 5.17. The second-order valence-corrected chi connectivity index (χ2v) is 6.61. The molecule has 1 fully saturated rings. The minimum atomic E-state index is 0.00142. The van der Waals surface area contributed by atoms with Gasteiger partial charge in [0.25, 0.3) is 0 Å². The fourth-order valence-electron chi connectivity index (χ4n) is 3.54. The van der Waals surface area contributed by atoms with Crippen LogP contribution in [0.5, 0.6) is 5.75 Å². The van der Waals surface area contributed by atoms with Gasteiger partial charge in [0, 0.05) is 37.8 Å². The number of piperazine rings is 1. The van der Waals surface area contributed by atoms with E-state index in [4.69, 9.17) is 4.74 Å². The van der Waals surface area contributed by atoms with Gasteiger partial charge in [-0.25, -0.2) is 4.79 Å². The molecule has 1 aliphatic rings. The Labute approximate surface area is 149 Å². The van der Waals surface area contributed by atoms with Crippen molar-refractivity contribution in [2.45, 2.75) is 25.9 Å². The number of urea groups is 1. The number of hydrogen-bond acceptors (Lipinski definition) is 3. The summed E-state index contributed by atoms with van der Waals surface area (Å²) in [4.78, 5) is 16.9. The van der Waals surface area contributed by atoms with Crippen molar-refractivity contribution < 1.29 is 9.53 Å². The Bertz CT molecular complexity index is 747. The number of ether oxygens (including phenoxy) is 1. The third kappa shape index (κ3) is 3.71. The van der Waals surface area contributed by atoms with Gasteiger partial charge in [-0.1, -0.05) is 37.3 Å². The molecule has 2 amide bonds. The van der Waals surface area contributed by atoms with E-state index in [0.29, 0.717) is 12.6 Å². The molecule has 0 bridgehead atoms. The molecule has 5 nitrogen and oxygen atoms in total. The molecule has 0 aromatic heterocycles. The molecule has 5 heteroatoms. The van der Waals surface area contributed by atoms with Crippen LogP contribution in [0.15, 0.2) is 36.4 Å². The number of fused-ring (bicyclic) bond motifs is 1. The summed E-state index contributed by atoms with van der Waals surface area (Å²) >= 11 is 0. The number of rotatable bonds is 4. The summed E-state index contributed by atoms with van der Waals surface area (Å²) in [5.74, 6) is 0.809. The molecule has 1 saturated heterocycles. The summed E-state index contributed by atoms with van der Waals surface area (Å²) in [5, 5.41) is 5.35. The maximum atomic E-state index is 12.6. The van der Waals surface area contributed by atoms with Gasteiger partial charge in [0.1, 0.15) is 5.75 Å². The van der Waals surface area contributed by atoms with Crippen molar-refractivity contribution in [1.29, 1.82) is 0 Å². The molecule has 2 aromatic carbocycles. The van der Waals surface area contributed by atoms with Gasteiger partial charge in [-0.15, -0.1) is 0 Å². The lowest BCUT2D eigenvalue weighted by Crippen LogP contribution is -2.55. The first kappa shape index (κ1) is 17.5. The molecule has 25 heavy (non-hydrogen) atoms. The third-order valence-corrected chi connectivity index (χ3v) is 5.17. The van der Waals surface area contributed by atoms with Crippen molar-refractivity contribution in [1.82, 2.24) is 15.1 Å². The summed E-state index contributed by atoms with van der Waals surface area (Å²) in [6.45, 7) is 5.11. The molecule has 1 heterocycles. The first-order valence-electron chi connectivity index (χ1n) is 8.91. The van der Waals surface area contributed by atoms with Gasteiger partial charge in [-0.2, -0.15) is 0 Å². The van der Waals surface area contributed by atoms with Crippen LogP contribution in [0, 0.1) is 0 Å². The maximum absolute atomic E-state index is 12.6. The van der Waals surface area contributed by atoms with Crippen LogP contribution in [0.2, 0.25) is 0 Å². The van der Waals surface area contributed by atoms with E-state index in [-0.39, 0.29) is 6.03 Å². The van der Waals surface area contributed by atoms with Crippen LogP contribution in [-0.4, -0.2) is 55.7 Å². The number of nitrogens with one attached hydrogen (secondary N) is 1. The van der Waals surface area contributed by atoms with Crippen molar-refractivity contribution in [3.8, 4) is 5.75 Å². The molecule has 1 atom stereocenters. The van der Waals surface area contributed by atoms with Gasteiger partial charge < -0.3 is 15.0 Å². The lowest BCUT2D eigenvalue weighted by molar-refractivity contribution is 0.107. The van der Waals surface area contributed by atoms with Gasteiger partial charge >= 0.3 is 6.03 Å². The predicted molar refractivity (Wildman–Crippen MR) is 101 cm³/mol. The summed E-state index contributed by atoms with van der Waals surface area (Å²) in [6.07, 6.45) is 1.05. The molecule has 1 aliphatic heterocycles. The van der Waals surface area contributed by atoms with Gasteiger partial charge in [0.2, 0.25) is 0 Å². The average Bonchev–Trinajstić information content (AvgIpc) is 2.66. The minimum Gasteiger partial charge on any atom is -0.496 e. The largest absolute Gasteiger partial charge is 0.496 e. The molecule has 0 saturated carbocycles. The molecule has 3 rings (SSSR count). The number of hydrogen-bond donors (Lipinski definition) is 1. The number of benzene rings is 2. The highest BCUT2D eigenvalue weighted by Crippen LogP contribution is 2.27. The molecule has 0 spiro atoms. The lowest BCUT2D eigenvalue weighted by atomic mass is 10.0. The number of methoxy groups -OCH3 is 1. The summed E-state index contributed by atoms with van der Waals surface area (Å²) in [5.41, 5.74) is 1.02. The van der Waals surface area contributed by atoms with E-state index in [1.165, 1.54) is 0 Å². The Morgan fingerprint density at radius 2 is 2.04 bits per heavy atom. The lowest BCUT2D eigenvalue weighted by Gasteiger charge is -2.39. The van der Waals surface area contributed by atoms with E-state index in [2.05, 4.69) is 36.3 Å². The van der Waals surface area contributed by atoms with E-state index < -0.39 is 0 Å². The summed E-state index contributed by atoms with van der Waals surface area (Å²) in [6, 6.07) is 12.6. The number of nitrogens with zero attached hydrogens (tertiary/aromatic N) is 2. The molecule has 0 radical (unpaired) electrons. The zero-order valence-electron chi connectivity index (χ0n) is 15.3. The molecule has 134 valence electrons. The second kappa shape index (κ2) is 7.74. The Kier molecular flexibility index (Phi) is 5.43. The average molecular weight is 341 g/mol. The number of likely N-dealkylation sites (N-methyl/N-ethyl adjacent to an activating group) is 1. The quantitative estimate of drug-likeness (QED) is 0.929. The van der Waals surface area contributed by atoms with Crippen molar-refractivity contribution in [3.05, 3.63) is 42.0 Å². The highest BCUT2D eigenvalue weighted by molar-refractivity contribution is 5.88. The molecule has 2 aromatic rings. The highest BCUT2D eigenvalue weighted by atomic mass is 16.5. The predicted octanol–water partition coefficient (Wildman–Crippen LogP) is 3.08. The fourth-order valence-corrected chi connectivity index (χ4v) is 3.54. The highest BCUT2D eigenvalue weighted by Gasteiger charge is 2.26. The molecular formula is C20H27N3O2. The second-order valence-electron chi connectivity index (χ2n) is 6.61.